The third kappa shape index (κ3) is 3.32. The van der Waals surface area contributed by atoms with E-state index in [0.717, 1.165) is 33.5 Å². The summed E-state index contributed by atoms with van der Waals surface area (Å²) in [6, 6.07) is 28.4. The molecule has 0 fully saturated rings. The topological polar surface area (TPSA) is 76.1 Å². The molecule has 5 heteroatoms. The van der Waals surface area contributed by atoms with Crippen LogP contribution in [0.1, 0.15) is 0 Å². The van der Waals surface area contributed by atoms with Crippen molar-refractivity contribution < 1.29 is 0 Å². The van der Waals surface area contributed by atoms with E-state index in [0.29, 0.717) is 11.4 Å². The minimum atomic E-state index is 0.714. The largest absolute Gasteiger partial charge is 0.397 e. The molecule has 4 nitrogen and oxygen atoms in total. The van der Waals surface area contributed by atoms with Crippen LogP contribution in [0.5, 0.6) is 0 Å². The highest BCUT2D eigenvalue weighted by molar-refractivity contribution is 7.25. The molecule has 1 aromatic heterocycles. The molecule has 0 saturated heterocycles. The van der Waals surface area contributed by atoms with E-state index in [4.69, 9.17) is 11.5 Å². The zero-order chi connectivity index (χ0) is 19.8. The van der Waals surface area contributed by atoms with Gasteiger partial charge in [0.25, 0.3) is 0 Å². The quantitative estimate of drug-likeness (QED) is 0.255. The number of rotatable bonds is 4. The molecule has 0 radical (unpaired) electrons. The van der Waals surface area contributed by atoms with Gasteiger partial charge in [-0.1, -0.05) is 36.4 Å². The fourth-order valence-corrected chi connectivity index (χ4v) is 4.62. The van der Waals surface area contributed by atoms with E-state index in [2.05, 4.69) is 22.8 Å². The summed E-state index contributed by atoms with van der Waals surface area (Å²) in [6.45, 7) is 0. The fraction of sp³-hybridized carbons (Fsp3) is 0. The van der Waals surface area contributed by atoms with E-state index < -0.39 is 0 Å². The summed E-state index contributed by atoms with van der Waals surface area (Å²) >= 11 is 1.74. The van der Waals surface area contributed by atoms with Gasteiger partial charge in [-0.15, -0.1) is 11.3 Å². The lowest BCUT2D eigenvalue weighted by Crippen LogP contribution is -1.96. The van der Waals surface area contributed by atoms with Crippen LogP contribution in [-0.2, 0) is 0 Å². The Morgan fingerprint density at radius 1 is 0.552 bits per heavy atom. The summed E-state index contributed by atoms with van der Waals surface area (Å²) in [5, 5.41) is 9.07. The van der Waals surface area contributed by atoms with Crippen molar-refractivity contribution in [2.75, 3.05) is 22.1 Å². The maximum Gasteiger partial charge on any atom is 0.0632 e. The van der Waals surface area contributed by atoms with Gasteiger partial charge in [0.2, 0.25) is 0 Å². The van der Waals surface area contributed by atoms with E-state index in [1.54, 1.807) is 11.3 Å². The number of hydrogen-bond donors (Lipinski definition) is 4. The van der Waals surface area contributed by atoms with Gasteiger partial charge in [0.1, 0.15) is 0 Å². The molecule has 0 atom stereocenters. The summed E-state index contributed by atoms with van der Waals surface area (Å²) < 4.78 is 2.34. The standard InChI is InChI=1S/C24H20N4S/c25-19-11-17-18-12-20(26)22(28-16-9-5-2-6-10-16)14-24(18)29-23(17)13-21(19)27-15-7-3-1-4-8-15/h1-14,27-28H,25-26H2. The van der Waals surface area contributed by atoms with Crippen LogP contribution in [0, 0.1) is 0 Å². The third-order valence-corrected chi connectivity index (χ3v) is 6.03. The Morgan fingerprint density at radius 2 is 0.966 bits per heavy atom. The highest BCUT2D eigenvalue weighted by Gasteiger charge is 2.12. The molecule has 6 N–H and O–H groups in total. The zero-order valence-electron chi connectivity index (χ0n) is 15.6. The van der Waals surface area contributed by atoms with Gasteiger partial charge in [-0.05, 0) is 48.5 Å². The minimum Gasteiger partial charge on any atom is -0.397 e. The molecule has 0 aliphatic rings. The first-order valence-corrected chi connectivity index (χ1v) is 10.2. The second kappa shape index (κ2) is 7.04. The second-order valence-corrected chi connectivity index (χ2v) is 8.04. The molecule has 0 aliphatic carbocycles. The lowest BCUT2D eigenvalue weighted by molar-refractivity contribution is 1.57. The molecular weight excluding hydrogens is 376 g/mol. The second-order valence-electron chi connectivity index (χ2n) is 6.96. The summed E-state index contributed by atoms with van der Waals surface area (Å²) in [5.74, 6) is 0. The highest BCUT2D eigenvalue weighted by atomic mass is 32.1. The van der Waals surface area contributed by atoms with Crippen LogP contribution in [0.2, 0.25) is 0 Å². The van der Waals surface area contributed by atoms with Crippen LogP contribution in [0.15, 0.2) is 84.9 Å². The van der Waals surface area contributed by atoms with Crippen molar-refractivity contribution in [1.29, 1.82) is 0 Å². The Morgan fingerprint density at radius 3 is 1.38 bits per heavy atom. The van der Waals surface area contributed by atoms with Crippen LogP contribution in [0.3, 0.4) is 0 Å². The molecule has 0 saturated carbocycles. The number of hydrogen-bond acceptors (Lipinski definition) is 5. The van der Waals surface area contributed by atoms with Crippen molar-refractivity contribution in [3.63, 3.8) is 0 Å². The Labute approximate surface area is 172 Å². The molecule has 5 aromatic rings. The Balaban J connectivity index is 1.57. The van der Waals surface area contributed by atoms with Crippen LogP contribution in [0.25, 0.3) is 20.2 Å². The van der Waals surface area contributed by atoms with E-state index in [-0.39, 0.29) is 0 Å². The van der Waals surface area contributed by atoms with Crippen molar-refractivity contribution in [2.45, 2.75) is 0 Å². The molecule has 0 spiro atoms. The van der Waals surface area contributed by atoms with Gasteiger partial charge < -0.3 is 22.1 Å². The van der Waals surface area contributed by atoms with Crippen molar-refractivity contribution >= 4 is 65.6 Å². The van der Waals surface area contributed by atoms with Crippen molar-refractivity contribution in [1.82, 2.24) is 0 Å². The lowest BCUT2D eigenvalue weighted by Gasteiger charge is -2.10. The van der Waals surface area contributed by atoms with E-state index in [1.807, 2.05) is 72.8 Å². The minimum absolute atomic E-state index is 0.714. The fourth-order valence-electron chi connectivity index (χ4n) is 3.47. The van der Waals surface area contributed by atoms with E-state index >= 15 is 0 Å². The number of nitrogens with one attached hydrogen (secondary N) is 2. The summed E-state index contributed by atoms with van der Waals surface area (Å²) in [5.41, 5.74) is 18.0. The smallest absolute Gasteiger partial charge is 0.0632 e. The van der Waals surface area contributed by atoms with Gasteiger partial charge in [-0.25, -0.2) is 0 Å². The molecule has 0 aliphatic heterocycles. The van der Waals surface area contributed by atoms with Gasteiger partial charge >= 0.3 is 0 Å². The molecule has 0 unspecified atom stereocenters. The molecule has 0 amide bonds. The number of para-hydroxylation sites is 2. The Hall–Kier alpha value is -3.70. The first-order chi connectivity index (χ1) is 14.2. The SMILES string of the molecule is Nc1cc2c(cc1Nc1ccccc1)sc1cc(Nc3ccccc3)c(N)cc12. The number of fused-ring (bicyclic) bond motifs is 3. The summed E-state index contributed by atoms with van der Waals surface area (Å²) in [7, 11) is 0. The van der Waals surface area contributed by atoms with Gasteiger partial charge in [-0.3, -0.25) is 0 Å². The average molecular weight is 397 g/mol. The predicted molar refractivity (Wildman–Crippen MR) is 128 cm³/mol. The van der Waals surface area contributed by atoms with E-state index in [1.165, 1.54) is 9.40 Å². The van der Waals surface area contributed by atoms with Crippen LogP contribution in [-0.4, -0.2) is 0 Å². The van der Waals surface area contributed by atoms with Gasteiger partial charge in [-0.2, -0.15) is 0 Å². The molecule has 4 aromatic carbocycles. The first-order valence-electron chi connectivity index (χ1n) is 9.37. The summed E-state index contributed by atoms with van der Waals surface area (Å²) in [6.07, 6.45) is 0. The highest BCUT2D eigenvalue weighted by Crippen LogP contribution is 2.41. The monoisotopic (exact) mass is 396 g/mol. The molecule has 29 heavy (non-hydrogen) atoms. The van der Waals surface area contributed by atoms with Crippen molar-refractivity contribution in [3.8, 4) is 0 Å². The maximum atomic E-state index is 6.35. The average Bonchev–Trinajstić information content (AvgIpc) is 3.06. The normalized spacial score (nSPS) is 11.0. The maximum absolute atomic E-state index is 6.35. The molecule has 5 rings (SSSR count). The van der Waals surface area contributed by atoms with Crippen LogP contribution < -0.4 is 22.1 Å². The van der Waals surface area contributed by atoms with Crippen LogP contribution in [0.4, 0.5) is 34.1 Å². The van der Waals surface area contributed by atoms with Gasteiger partial charge in [0.05, 0.1) is 22.7 Å². The number of nitrogen functional groups attached to an aromatic ring is 2. The van der Waals surface area contributed by atoms with Gasteiger partial charge in [0, 0.05) is 31.5 Å². The van der Waals surface area contributed by atoms with Crippen molar-refractivity contribution in [2.24, 2.45) is 0 Å². The van der Waals surface area contributed by atoms with Crippen LogP contribution >= 0.6 is 11.3 Å². The number of nitrogens with two attached hydrogens (primary N) is 2. The van der Waals surface area contributed by atoms with E-state index in [9.17, 15) is 0 Å². The molecule has 142 valence electrons. The zero-order valence-corrected chi connectivity index (χ0v) is 16.5. The number of benzene rings is 4. The number of thiophene rings is 1. The predicted octanol–water partition coefficient (Wildman–Crippen LogP) is 6.71. The Bertz CT molecular complexity index is 1210. The number of anilines is 6. The Kier molecular flexibility index (Phi) is 4.22. The lowest BCUT2D eigenvalue weighted by atomic mass is 10.1. The third-order valence-electron chi connectivity index (χ3n) is 4.92. The van der Waals surface area contributed by atoms with Crippen molar-refractivity contribution in [3.05, 3.63) is 84.9 Å². The molecule has 1 heterocycles. The summed E-state index contributed by atoms with van der Waals surface area (Å²) in [4.78, 5) is 0. The molecular formula is C24H20N4S. The molecule has 0 bridgehead atoms. The first kappa shape index (κ1) is 17.4. The van der Waals surface area contributed by atoms with Gasteiger partial charge in [0.15, 0.2) is 0 Å².